The summed E-state index contributed by atoms with van der Waals surface area (Å²) in [4.78, 5) is 55.6. The van der Waals surface area contributed by atoms with E-state index in [-0.39, 0.29) is 124 Å². The quantitative estimate of drug-likeness (QED) is 0.132. The molecule has 4 aliphatic carbocycles. The van der Waals surface area contributed by atoms with Gasteiger partial charge in [0.1, 0.15) is 35.1 Å². The van der Waals surface area contributed by atoms with Crippen LogP contribution in [0.3, 0.4) is 0 Å². The van der Waals surface area contributed by atoms with E-state index < -0.39 is 106 Å². The Hall–Kier alpha value is -0.517. The average molecular weight is 1230 g/mol. The minimum atomic E-state index is -2.28. The van der Waals surface area contributed by atoms with E-state index in [1.807, 2.05) is 0 Å². The van der Waals surface area contributed by atoms with Crippen LogP contribution in [0.15, 0.2) is 41.5 Å². The van der Waals surface area contributed by atoms with Gasteiger partial charge in [-0.15, -0.1) is 0 Å². The molecular formula is C41H57Ac2NO13. The third kappa shape index (κ3) is 8.78. The number of rotatable bonds is 7. The first-order valence-corrected chi connectivity index (χ1v) is 19.4. The predicted octanol–water partition coefficient (Wildman–Crippen LogP) is 2.90. The summed E-state index contributed by atoms with van der Waals surface area (Å²) in [5.41, 5.74) is -8.21. The van der Waals surface area contributed by atoms with Crippen LogP contribution in [0.2, 0.25) is 0 Å². The van der Waals surface area contributed by atoms with E-state index in [4.69, 9.17) is 18.9 Å². The van der Waals surface area contributed by atoms with Crippen molar-refractivity contribution in [1.82, 2.24) is 5.32 Å². The Balaban J connectivity index is 0.00000360. The fourth-order valence-corrected chi connectivity index (χ4v) is 10.1. The second kappa shape index (κ2) is 18.1. The first kappa shape index (κ1) is 49.1. The molecule has 1 saturated heterocycles. The van der Waals surface area contributed by atoms with Crippen molar-refractivity contribution in [3.8, 4) is 0 Å². The van der Waals surface area contributed by atoms with E-state index in [2.05, 4.69) is 5.32 Å². The average Bonchev–Trinajstić information content (AvgIpc) is 3.12. The molecule has 3 saturated carbocycles. The SMILES string of the molecule is CC1=C2[C@@H](O)C(=O)[C@@]3(C)[C@H]([C@H](OC(=O)c4ccccc4)[C@](O)(CC1OC(=O)[C@H](O)[C@@H](NC(=O)OC(C)(C)C)C1CCCCC1)C2(C)C)[C@]1(O)CO[C@@H]1C[C@@H]3O.[Ac].[Ac]. The van der Waals surface area contributed by atoms with E-state index in [1.54, 1.807) is 59.7 Å². The Labute approximate surface area is 405 Å². The molecule has 0 spiro atoms. The van der Waals surface area contributed by atoms with Crippen LogP contribution in [0.5, 0.6) is 0 Å². The fraction of sp³-hybridized carbons (Fsp3) is 0.707. The Morgan fingerprint density at radius 2 is 1.58 bits per heavy atom. The standard InChI is InChI=1S/C41H57NO13.2Ac/c1-21-24(53-35(48)30(45)28(22-14-10-8-11-15-22)42-36(49)55-37(2,3)4)19-41(51)33(54-34(47)23-16-12-9-13-17-23)31-39(7,25(43)18-26-40(31,50)20-52-26)32(46)29(44)27(21)38(41,5)6;;/h9,12-13,16-17,22,24-26,28-31,33,43-45,50-51H,8,10-11,14-15,18-20H2,1-7H3,(H,42,49);;/t24?,25-,26+,28-,29+,30+,31-,33-,39+,40-,41+;;/m0../s1. The summed E-state index contributed by atoms with van der Waals surface area (Å²) in [6.45, 7) is 10.9. The van der Waals surface area contributed by atoms with Gasteiger partial charge in [0, 0.05) is 112 Å². The molecule has 6 N–H and O–H groups in total. The van der Waals surface area contributed by atoms with Crippen molar-refractivity contribution in [1.29, 1.82) is 0 Å². The summed E-state index contributed by atoms with van der Waals surface area (Å²) in [5.74, 6) is -4.67. The van der Waals surface area contributed by atoms with Crippen LogP contribution in [0.25, 0.3) is 0 Å². The second-order valence-electron chi connectivity index (χ2n) is 18.1. The Bertz CT molecular complexity index is 1710. The molecule has 6 rings (SSSR count). The maximum Gasteiger partial charge on any atom is 0.407 e. The number of carbonyl (C=O) groups excluding carboxylic acids is 4. The molecule has 1 heterocycles. The second-order valence-corrected chi connectivity index (χ2v) is 18.1. The number of amides is 1. The van der Waals surface area contributed by atoms with Gasteiger partial charge < -0.3 is 49.8 Å². The van der Waals surface area contributed by atoms with Crippen molar-refractivity contribution < 1.29 is 152 Å². The molecule has 11 atom stereocenters. The topological polar surface area (TPSA) is 218 Å². The van der Waals surface area contributed by atoms with E-state index in [0.717, 1.165) is 19.3 Å². The molecule has 1 aromatic carbocycles. The number of ether oxygens (including phenoxy) is 4. The zero-order valence-electron chi connectivity index (χ0n) is 33.9. The van der Waals surface area contributed by atoms with Crippen LogP contribution in [0.4, 0.5) is 4.79 Å². The number of fused-ring (bicyclic) bond motifs is 5. The van der Waals surface area contributed by atoms with Gasteiger partial charge in [-0.25, -0.2) is 14.4 Å². The molecule has 0 aromatic heterocycles. The van der Waals surface area contributed by atoms with Crippen molar-refractivity contribution in [2.24, 2.45) is 22.7 Å². The minimum Gasteiger partial charge on any atom is -0.456 e. The normalized spacial score (nSPS) is 35.8. The van der Waals surface area contributed by atoms with Crippen LogP contribution in [-0.2, 0) is 28.5 Å². The van der Waals surface area contributed by atoms with E-state index in [0.29, 0.717) is 12.8 Å². The monoisotopic (exact) mass is 1230 g/mol. The first-order valence-electron chi connectivity index (χ1n) is 19.4. The van der Waals surface area contributed by atoms with Crippen LogP contribution < -0.4 is 5.32 Å². The summed E-state index contributed by atoms with van der Waals surface area (Å²) in [5, 5.41) is 63.5. The number of hydrogen-bond donors (Lipinski definition) is 6. The van der Waals surface area contributed by atoms with Gasteiger partial charge in [0.25, 0.3) is 0 Å². The smallest absolute Gasteiger partial charge is 0.407 e. The third-order valence-electron chi connectivity index (χ3n) is 13.3. The van der Waals surface area contributed by atoms with Crippen molar-refractivity contribution >= 4 is 23.8 Å². The number of aliphatic hydroxyl groups excluding tert-OH is 3. The van der Waals surface area contributed by atoms with Crippen molar-refractivity contribution in [3.05, 3.63) is 47.0 Å². The zero-order valence-corrected chi connectivity index (χ0v) is 43.4. The van der Waals surface area contributed by atoms with Crippen LogP contribution in [0, 0.1) is 111 Å². The maximum atomic E-state index is 14.7. The van der Waals surface area contributed by atoms with E-state index in [9.17, 15) is 44.7 Å². The van der Waals surface area contributed by atoms with Gasteiger partial charge in [-0.05, 0) is 76.7 Å². The van der Waals surface area contributed by atoms with Gasteiger partial charge in [-0.3, -0.25) is 4.79 Å². The largest absolute Gasteiger partial charge is 0.456 e. The predicted molar refractivity (Wildman–Crippen MR) is 195 cm³/mol. The van der Waals surface area contributed by atoms with Gasteiger partial charge in [0.15, 0.2) is 11.9 Å². The third-order valence-corrected chi connectivity index (χ3v) is 13.3. The Kier molecular flexibility index (Phi) is 15.6. The molecule has 57 heavy (non-hydrogen) atoms. The van der Waals surface area contributed by atoms with Gasteiger partial charge in [-0.1, -0.05) is 51.3 Å². The molecule has 14 nitrogen and oxygen atoms in total. The number of Topliss-reactive ketones (excluding diaryl/α,β-unsaturated/α-hetero) is 1. The Morgan fingerprint density at radius 3 is 2.14 bits per heavy atom. The van der Waals surface area contributed by atoms with E-state index >= 15 is 0 Å². The summed E-state index contributed by atoms with van der Waals surface area (Å²) < 4.78 is 23.3. The number of aliphatic hydroxyl groups is 5. The molecule has 4 fully saturated rings. The van der Waals surface area contributed by atoms with Gasteiger partial charge in [0.2, 0.25) is 0 Å². The van der Waals surface area contributed by atoms with Crippen LogP contribution in [0.1, 0.15) is 104 Å². The number of carbonyl (C=O) groups is 4. The summed E-state index contributed by atoms with van der Waals surface area (Å²) in [6, 6.07) is 6.87. The number of ketones is 1. The molecule has 1 amide bonds. The molecule has 2 radical (unpaired) electrons. The molecule has 5 aliphatic rings. The summed E-state index contributed by atoms with van der Waals surface area (Å²) in [7, 11) is 0. The molecule has 16 heteroatoms. The van der Waals surface area contributed by atoms with Crippen LogP contribution in [-0.4, -0.2) is 115 Å². The van der Waals surface area contributed by atoms with Gasteiger partial charge >= 0.3 is 18.0 Å². The summed E-state index contributed by atoms with van der Waals surface area (Å²) >= 11 is 0. The zero-order chi connectivity index (χ0) is 40.5. The van der Waals surface area contributed by atoms with Gasteiger partial charge in [0.05, 0.1) is 35.8 Å². The fourth-order valence-electron chi connectivity index (χ4n) is 10.1. The van der Waals surface area contributed by atoms with E-state index in [1.165, 1.54) is 19.1 Å². The number of benzene rings is 1. The molecule has 1 aromatic rings. The maximum absolute atomic E-state index is 14.7. The number of nitrogens with one attached hydrogen (secondary N) is 1. The minimum absolute atomic E-state index is 0. The van der Waals surface area contributed by atoms with Gasteiger partial charge in [-0.2, -0.15) is 0 Å². The number of esters is 2. The first-order chi connectivity index (χ1) is 25.6. The molecule has 310 valence electrons. The molecule has 1 unspecified atom stereocenters. The number of alkyl carbamates (subject to hydrolysis) is 1. The Morgan fingerprint density at radius 1 is 0.965 bits per heavy atom. The van der Waals surface area contributed by atoms with Crippen molar-refractivity contribution in [2.75, 3.05) is 6.61 Å². The van der Waals surface area contributed by atoms with Crippen molar-refractivity contribution in [2.45, 2.75) is 153 Å². The number of hydrogen-bond acceptors (Lipinski definition) is 13. The molecule has 2 bridgehead atoms. The van der Waals surface area contributed by atoms with Crippen LogP contribution >= 0.6 is 0 Å². The molecule has 1 aliphatic heterocycles. The summed E-state index contributed by atoms with van der Waals surface area (Å²) in [6.07, 6.45) is -6.94. The van der Waals surface area contributed by atoms with Crippen molar-refractivity contribution in [3.63, 3.8) is 0 Å². The molecular weight excluding hydrogens is 1170 g/mol.